The van der Waals surface area contributed by atoms with Gasteiger partial charge in [0.05, 0.1) is 11.6 Å². The van der Waals surface area contributed by atoms with Gasteiger partial charge in [-0.2, -0.15) is 5.26 Å². The molecule has 36 heavy (non-hydrogen) atoms. The number of nitrogens with zero attached hydrogens (tertiary/aromatic N) is 1. The van der Waals surface area contributed by atoms with Gasteiger partial charge in [0.1, 0.15) is 11.6 Å². The van der Waals surface area contributed by atoms with Gasteiger partial charge in [-0.25, -0.2) is 0 Å². The maximum absolute atomic E-state index is 12.5. The maximum Gasteiger partial charge on any atom is 0.262 e. The van der Waals surface area contributed by atoms with Gasteiger partial charge in [-0.05, 0) is 76.3 Å². The third-order valence-electron chi connectivity index (χ3n) is 5.45. The number of carbonyl (C=O) groups excluding carboxylic acids is 2. The van der Waals surface area contributed by atoms with Gasteiger partial charge >= 0.3 is 0 Å². The van der Waals surface area contributed by atoms with E-state index in [1.807, 2.05) is 68.4 Å². The Morgan fingerprint density at radius 2 is 1.83 bits per heavy atom. The van der Waals surface area contributed by atoms with Gasteiger partial charge in [0.15, 0.2) is 18.1 Å². The van der Waals surface area contributed by atoms with Crippen molar-refractivity contribution in [3.05, 3.63) is 93.0 Å². The number of rotatable bonds is 9. The lowest BCUT2D eigenvalue weighted by atomic mass is 10.1. The van der Waals surface area contributed by atoms with Crippen molar-refractivity contribution in [2.24, 2.45) is 0 Å². The summed E-state index contributed by atoms with van der Waals surface area (Å²) in [6, 6.07) is 20.4. The number of aryl methyl sites for hydroxylation is 1. The quantitative estimate of drug-likeness (QED) is 0.279. The minimum atomic E-state index is -0.486. The van der Waals surface area contributed by atoms with Crippen LogP contribution in [0.25, 0.3) is 6.08 Å². The Hall–Kier alpha value is -4.09. The lowest BCUT2D eigenvalue weighted by Crippen LogP contribution is -2.23. The van der Waals surface area contributed by atoms with Gasteiger partial charge in [0.25, 0.3) is 11.8 Å². The predicted molar refractivity (Wildman–Crippen MR) is 143 cm³/mol. The first kappa shape index (κ1) is 26.5. The number of benzene rings is 3. The molecule has 3 aromatic carbocycles. The average molecular weight is 548 g/mol. The molecule has 0 aliphatic carbocycles. The van der Waals surface area contributed by atoms with E-state index in [4.69, 9.17) is 9.47 Å². The SMILES string of the molecule is COc1cc(/C=C(\C#N)C(=O)NCc2ccccc2)cc(Br)c1OCC(=O)Nc1cccc(C)c1C. The molecule has 0 unspecified atom stereocenters. The van der Waals surface area contributed by atoms with Crippen LogP contribution in [0.1, 0.15) is 22.3 Å². The third-order valence-corrected chi connectivity index (χ3v) is 6.04. The number of hydrogen-bond donors (Lipinski definition) is 2. The van der Waals surface area contributed by atoms with E-state index in [1.165, 1.54) is 13.2 Å². The van der Waals surface area contributed by atoms with Crippen LogP contribution in [0.15, 0.2) is 70.7 Å². The van der Waals surface area contributed by atoms with Gasteiger partial charge in [-0.15, -0.1) is 0 Å². The normalized spacial score (nSPS) is 10.8. The van der Waals surface area contributed by atoms with E-state index in [2.05, 4.69) is 26.6 Å². The molecule has 3 rings (SSSR count). The lowest BCUT2D eigenvalue weighted by Gasteiger charge is -2.15. The molecule has 0 saturated heterocycles. The second-order valence-electron chi connectivity index (χ2n) is 7.96. The van der Waals surface area contributed by atoms with Crippen LogP contribution in [-0.4, -0.2) is 25.5 Å². The Morgan fingerprint density at radius 3 is 2.53 bits per heavy atom. The summed E-state index contributed by atoms with van der Waals surface area (Å²) in [4.78, 5) is 25.0. The maximum atomic E-state index is 12.5. The highest BCUT2D eigenvalue weighted by molar-refractivity contribution is 9.10. The fourth-order valence-corrected chi connectivity index (χ4v) is 3.94. The van der Waals surface area contributed by atoms with Crippen molar-refractivity contribution in [3.8, 4) is 17.6 Å². The fourth-order valence-electron chi connectivity index (χ4n) is 3.36. The highest BCUT2D eigenvalue weighted by Gasteiger charge is 2.16. The van der Waals surface area contributed by atoms with Crippen molar-refractivity contribution in [2.75, 3.05) is 19.0 Å². The summed E-state index contributed by atoms with van der Waals surface area (Å²) in [5.41, 5.74) is 4.22. The van der Waals surface area contributed by atoms with E-state index < -0.39 is 5.91 Å². The zero-order chi connectivity index (χ0) is 26.1. The van der Waals surface area contributed by atoms with Crippen LogP contribution in [-0.2, 0) is 16.1 Å². The predicted octanol–water partition coefficient (Wildman–Crippen LogP) is 5.32. The molecule has 2 N–H and O–H groups in total. The zero-order valence-electron chi connectivity index (χ0n) is 20.2. The van der Waals surface area contributed by atoms with Crippen LogP contribution in [0.4, 0.5) is 5.69 Å². The Bertz CT molecular complexity index is 1330. The summed E-state index contributed by atoms with van der Waals surface area (Å²) >= 11 is 3.44. The summed E-state index contributed by atoms with van der Waals surface area (Å²) in [5.74, 6) is -0.127. The Balaban J connectivity index is 1.70. The smallest absolute Gasteiger partial charge is 0.262 e. The van der Waals surface area contributed by atoms with Crippen LogP contribution in [0.2, 0.25) is 0 Å². The Labute approximate surface area is 218 Å². The molecule has 184 valence electrons. The highest BCUT2D eigenvalue weighted by atomic mass is 79.9. The molecule has 0 fully saturated rings. The first-order chi connectivity index (χ1) is 17.3. The second-order valence-corrected chi connectivity index (χ2v) is 8.81. The van der Waals surface area contributed by atoms with Crippen molar-refractivity contribution in [2.45, 2.75) is 20.4 Å². The molecule has 0 radical (unpaired) electrons. The zero-order valence-corrected chi connectivity index (χ0v) is 21.8. The topological polar surface area (TPSA) is 100 Å². The number of methoxy groups -OCH3 is 1. The van der Waals surface area contributed by atoms with Gasteiger partial charge < -0.3 is 20.1 Å². The van der Waals surface area contributed by atoms with Crippen molar-refractivity contribution in [1.29, 1.82) is 5.26 Å². The molecule has 7 nitrogen and oxygen atoms in total. The highest BCUT2D eigenvalue weighted by Crippen LogP contribution is 2.37. The Kier molecular flexibility index (Phi) is 9.25. The number of halogens is 1. The number of nitriles is 1. The molecule has 0 atom stereocenters. The van der Waals surface area contributed by atoms with Crippen molar-refractivity contribution in [1.82, 2.24) is 5.32 Å². The summed E-state index contributed by atoms with van der Waals surface area (Å²) in [6.45, 7) is 3.99. The van der Waals surface area contributed by atoms with Crippen LogP contribution in [0.3, 0.4) is 0 Å². The van der Waals surface area contributed by atoms with Crippen LogP contribution < -0.4 is 20.1 Å². The van der Waals surface area contributed by atoms with E-state index in [-0.39, 0.29) is 18.1 Å². The molecular weight excluding hydrogens is 522 g/mol. The number of anilines is 1. The molecule has 0 aliphatic rings. The number of amides is 2. The molecule has 8 heteroatoms. The van der Waals surface area contributed by atoms with E-state index in [0.29, 0.717) is 28.1 Å². The molecule has 0 saturated carbocycles. The van der Waals surface area contributed by atoms with Gasteiger partial charge in [-0.1, -0.05) is 42.5 Å². The second kappa shape index (κ2) is 12.6. The van der Waals surface area contributed by atoms with Crippen LogP contribution >= 0.6 is 15.9 Å². The average Bonchev–Trinajstić information content (AvgIpc) is 2.88. The van der Waals surface area contributed by atoms with Crippen LogP contribution in [0, 0.1) is 25.2 Å². The number of ether oxygens (including phenoxy) is 2. The molecule has 0 spiro atoms. The molecular formula is C28H26BrN3O4. The molecule has 2 amide bonds. The third kappa shape index (κ3) is 6.96. The Morgan fingerprint density at radius 1 is 1.08 bits per heavy atom. The standard InChI is InChI=1S/C28H26BrN3O4/c1-18-8-7-11-24(19(18)2)32-26(33)17-36-27-23(29)13-21(14-25(27)35-3)12-22(15-30)28(34)31-16-20-9-5-4-6-10-20/h4-14H,16-17H2,1-3H3,(H,31,34)(H,32,33)/b22-12+. The van der Waals surface area contributed by atoms with Crippen LogP contribution in [0.5, 0.6) is 11.5 Å². The van der Waals surface area contributed by atoms with Gasteiger partial charge in [0, 0.05) is 12.2 Å². The van der Waals surface area contributed by atoms with Gasteiger partial charge in [0.2, 0.25) is 0 Å². The minimum absolute atomic E-state index is 0.0542. The first-order valence-electron chi connectivity index (χ1n) is 11.1. The summed E-state index contributed by atoms with van der Waals surface area (Å²) in [5, 5.41) is 15.1. The molecule has 3 aromatic rings. The van der Waals surface area contributed by atoms with E-state index in [1.54, 1.807) is 12.1 Å². The number of carbonyl (C=O) groups is 2. The minimum Gasteiger partial charge on any atom is -0.493 e. The van der Waals surface area contributed by atoms with E-state index in [9.17, 15) is 14.9 Å². The van der Waals surface area contributed by atoms with E-state index >= 15 is 0 Å². The first-order valence-corrected chi connectivity index (χ1v) is 11.9. The van der Waals surface area contributed by atoms with Crippen molar-refractivity contribution in [3.63, 3.8) is 0 Å². The van der Waals surface area contributed by atoms with Crippen molar-refractivity contribution < 1.29 is 19.1 Å². The molecule has 0 heterocycles. The monoisotopic (exact) mass is 547 g/mol. The number of nitrogens with one attached hydrogen (secondary N) is 2. The molecule has 0 aliphatic heterocycles. The molecule has 0 bridgehead atoms. The largest absolute Gasteiger partial charge is 0.493 e. The molecule has 0 aromatic heterocycles. The van der Waals surface area contributed by atoms with Gasteiger partial charge in [-0.3, -0.25) is 9.59 Å². The number of hydrogen-bond acceptors (Lipinski definition) is 5. The van der Waals surface area contributed by atoms with E-state index in [0.717, 1.165) is 22.4 Å². The van der Waals surface area contributed by atoms with Crippen molar-refractivity contribution >= 4 is 39.5 Å². The lowest BCUT2D eigenvalue weighted by molar-refractivity contribution is -0.118. The summed E-state index contributed by atoms with van der Waals surface area (Å²) < 4.78 is 11.7. The summed E-state index contributed by atoms with van der Waals surface area (Å²) in [6.07, 6.45) is 1.46. The summed E-state index contributed by atoms with van der Waals surface area (Å²) in [7, 11) is 1.47. The fraction of sp³-hybridized carbons (Fsp3) is 0.179.